The van der Waals surface area contributed by atoms with Crippen LogP contribution < -0.4 is 0 Å². The summed E-state index contributed by atoms with van der Waals surface area (Å²) in [5.74, 6) is 0. The van der Waals surface area contributed by atoms with Crippen molar-refractivity contribution >= 4 is 15.2 Å². The van der Waals surface area contributed by atoms with Crippen molar-refractivity contribution in [2.45, 2.75) is 26.2 Å². The zero-order valence-electron chi connectivity index (χ0n) is 6.86. The maximum absolute atomic E-state index is 10.6. The third-order valence-corrected chi connectivity index (χ3v) is 1.98. The summed E-state index contributed by atoms with van der Waals surface area (Å²) in [5, 5.41) is -1.12. The van der Waals surface area contributed by atoms with Crippen molar-refractivity contribution in [3.05, 3.63) is 12.2 Å². The zero-order chi connectivity index (χ0) is 9.61. The van der Waals surface area contributed by atoms with Crippen LogP contribution in [0.25, 0.3) is 0 Å². The largest absolute Gasteiger partial charge is 0.328 e. The Morgan fingerprint density at radius 2 is 2.00 bits per heavy atom. The highest BCUT2D eigenvalue weighted by atomic mass is 32.2. The molecule has 0 aromatic rings. The Balaban J connectivity index is 3.82. The fraction of sp³-hybridized carbons (Fsp3) is 0.571. The number of carbonyl (C=O) groups is 1. The molecule has 0 amide bonds. The summed E-state index contributed by atoms with van der Waals surface area (Å²) in [6.45, 7) is 1.93. The lowest BCUT2D eigenvalue weighted by atomic mass is 10.3. The van der Waals surface area contributed by atoms with Crippen molar-refractivity contribution in [3.8, 4) is 0 Å². The van der Waals surface area contributed by atoms with Crippen molar-refractivity contribution in [2.75, 3.05) is 0 Å². The van der Waals surface area contributed by atoms with Gasteiger partial charge in [0.15, 0.2) is 0 Å². The van der Waals surface area contributed by atoms with Crippen LogP contribution in [0.4, 0.5) is 0 Å². The number of hydrogen-bond donors (Lipinski definition) is 1. The van der Waals surface area contributed by atoms with Gasteiger partial charge in [0.1, 0.15) is 0 Å². The third kappa shape index (κ3) is 5.03. The van der Waals surface area contributed by atoms with Gasteiger partial charge in [-0.3, -0.25) is 9.35 Å². The van der Waals surface area contributed by atoms with Gasteiger partial charge in [-0.05, 0) is 12.8 Å². The minimum atomic E-state index is -4.46. The Kier molecular flexibility index (Phi) is 4.77. The fourth-order valence-electron chi connectivity index (χ4n) is 0.615. The van der Waals surface area contributed by atoms with E-state index in [0.29, 0.717) is 6.42 Å². The molecule has 4 nitrogen and oxygen atoms in total. The van der Waals surface area contributed by atoms with Gasteiger partial charge in [-0.2, -0.15) is 8.42 Å². The first-order chi connectivity index (χ1) is 5.48. The van der Waals surface area contributed by atoms with Gasteiger partial charge in [-0.1, -0.05) is 19.1 Å². The Bertz CT molecular complexity index is 263. The highest BCUT2D eigenvalue weighted by molar-refractivity contribution is 8.01. The first-order valence-corrected chi connectivity index (χ1v) is 5.07. The highest BCUT2D eigenvalue weighted by Crippen LogP contribution is 1.98. The van der Waals surface area contributed by atoms with Crippen LogP contribution in [-0.4, -0.2) is 18.1 Å². The molecule has 0 unspecified atom stereocenters. The minimum absolute atomic E-state index is 0.157. The molecule has 0 fully saturated rings. The van der Waals surface area contributed by atoms with E-state index in [1.54, 1.807) is 6.08 Å². The van der Waals surface area contributed by atoms with Crippen LogP contribution in [0.5, 0.6) is 0 Å². The average Bonchev–Trinajstić information content (AvgIpc) is 1.96. The molecule has 0 spiro atoms. The number of carbonyl (C=O) groups excluding carboxylic acids is 1. The molecule has 0 atom stereocenters. The Morgan fingerprint density at radius 3 is 2.42 bits per heavy atom. The quantitative estimate of drug-likeness (QED) is 0.535. The molecule has 5 heteroatoms. The van der Waals surface area contributed by atoms with E-state index in [1.165, 1.54) is 0 Å². The maximum Gasteiger partial charge on any atom is 0.328 e. The second-order valence-corrected chi connectivity index (χ2v) is 3.67. The van der Waals surface area contributed by atoms with Crippen LogP contribution in [0.2, 0.25) is 0 Å². The fourth-order valence-corrected chi connectivity index (χ4v) is 0.990. The van der Waals surface area contributed by atoms with Crippen LogP contribution >= 0.6 is 0 Å². The predicted octanol–water partition coefficient (Wildman–Crippen LogP) is 1.15. The van der Waals surface area contributed by atoms with Crippen LogP contribution in [0.3, 0.4) is 0 Å². The summed E-state index contributed by atoms with van der Waals surface area (Å²) in [5.41, 5.74) is 0. The van der Waals surface area contributed by atoms with E-state index in [-0.39, 0.29) is 6.42 Å². The van der Waals surface area contributed by atoms with Crippen molar-refractivity contribution in [1.82, 2.24) is 0 Å². The molecule has 0 heterocycles. The van der Waals surface area contributed by atoms with Crippen molar-refractivity contribution in [2.24, 2.45) is 0 Å². The van der Waals surface area contributed by atoms with Crippen molar-refractivity contribution in [1.29, 1.82) is 0 Å². The molecule has 0 saturated carbocycles. The molecule has 0 aliphatic rings. The summed E-state index contributed by atoms with van der Waals surface area (Å²) in [4.78, 5) is 10.6. The molecule has 12 heavy (non-hydrogen) atoms. The van der Waals surface area contributed by atoms with E-state index in [4.69, 9.17) is 4.55 Å². The number of rotatable bonds is 4. The van der Waals surface area contributed by atoms with Gasteiger partial charge >= 0.3 is 10.1 Å². The normalized spacial score (nSPS) is 12.2. The average molecular weight is 192 g/mol. The van der Waals surface area contributed by atoms with Crippen LogP contribution in [0.1, 0.15) is 26.2 Å². The summed E-state index contributed by atoms with van der Waals surface area (Å²) < 4.78 is 28.6. The van der Waals surface area contributed by atoms with E-state index in [2.05, 4.69) is 0 Å². The standard InChI is InChI=1S/C7H12O4S/c1-2-3-4-5-6-7(8)12(9,10)11/h3-4H,2,5-6H2,1H3,(H,9,10,11). The van der Waals surface area contributed by atoms with E-state index in [1.807, 2.05) is 13.0 Å². The van der Waals surface area contributed by atoms with E-state index >= 15 is 0 Å². The van der Waals surface area contributed by atoms with E-state index < -0.39 is 15.2 Å². The van der Waals surface area contributed by atoms with Gasteiger partial charge < -0.3 is 0 Å². The molecule has 0 aliphatic carbocycles. The van der Waals surface area contributed by atoms with Gasteiger partial charge in [-0.25, -0.2) is 0 Å². The van der Waals surface area contributed by atoms with Crippen molar-refractivity contribution in [3.63, 3.8) is 0 Å². The first-order valence-electron chi connectivity index (χ1n) is 3.63. The second-order valence-electron chi connectivity index (χ2n) is 2.27. The molecule has 0 bridgehead atoms. The predicted molar refractivity (Wildman–Crippen MR) is 45.2 cm³/mol. The molecule has 1 N–H and O–H groups in total. The minimum Gasteiger partial charge on any atom is -0.280 e. The molecule has 0 radical (unpaired) electrons. The maximum atomic E-state index is 10.6. The van der Waals surface area contributed by atoms with Crippen molar-refractivity contribution < 1.29 is 17.8 Å². The van der Waals surface area contributed by atoms with Crippen LogP contribution in [0.15, 0.2) is 12.2 Å². The number of hydrogen-bond acceptors (Lipinski definition) is 3. The van der Waals surface area contributed by atoms with E-state index in [9.17, 15) is 13.2 Å². The lowest BCUT2D eigenvalue weighted by molar-refractivity contribution is -0.112. The molecule has 0 saturated heterocycles. The highest BCUT2D eigenvalue weighted by Gasteiger charge is 2.16. The Hall–Kier alpha value is -0.680. The van der Waals surface area contributed by atoms with Crippen LogP contribution in [-0.2, 0) is 14.9 Å². The Labute approximate surface area is 72.0 Å². The summed E-state index contributed by atoms with van der Waals surface area (Å²) in [7, 11) is -4.46. The molecular weight excluding hydrogens is 180 g/mol. The SMILES string of the molecule is CCC=CCCC(=O)S(=O)(=O)O. The molecule has 0 aromatic carbocycles. The van der Waals surface area contributed by atoms with Gasteiger partial charge in [0, 0.05) is 6.42 Å². The molecule has 0 aromatic heterocycles. The molecular formula is C7H12O4S. The van der Waals surface area contributed by atoms with Gasteiger partial charge in [0.2, 0.25) is 0 Å². The summed E-state index contributed by atoms with van der Waals surface area (Å²) in [6.07, 6.45) is 4.59. The molecule has 0 rings (SSSR count). The Morgan fingerprint density at radius 1 is 1.42 bits per heavy atom. The second kappa shape index (κ2) is 5.05. The molecule has 70 valence electrons. The van der Waals surface area contributed by atoms with E-state index in [0.717, 1.165) is 6.42 Å². The zero-order valence-corrected chi connectivity index (χ0v) is 7.67. The third-order valence-electron chi connectivity index (χ3n) is 1.21. The summed E-state index contributed by atoms with van der Waals surface area (Å²) >= 11 is 0. The smallest absolute Gasteiger partial charge is 0.280 e. The first kappa shape index (κ1) is 11.3. The van der Waals surface area contributed by atoms with Gasteiger partial charge in [0.05, 0.1) is 0 Å². The summed E-state index contributed by atoms with van der Waals surface area (Å²) in [6, 6.07) is 0. The monoisotopic (exact) mass is 192 g/mol. The topological polar surface area (TPSA) is 71.4 Å². The van der Waals surface area contributed by atoms with Crippen LogP contribution in [0, 0.1) is 0 Å². The van der Waals surface area contributed by atoms with Gasteiger partial charge in [0.25, 0.3) is 5.12 Å². The van der Waals surface area contributed by atoms with Gasteiger partial charge in [-0.15, -0.1) is 0 Å². The lowest BCUT2D eigenvalue weighted by Crippen LogP contribution is -2.12. The number of allylic oxidation sites excluding steroid dienone is 2. The molecule has 0 aliphatic heterocycles. The lowest BCUT2D eigenvalue weighted by Gasteiger charge is -1.91.